The SMILES string of the molecule is COc1ccnc(N2CCN(c3c(C)cc([N+](=O)[O-])cc3Cl)CC2)c1. The van der Waals surface area contributed by atoms with Gasteiger partial charge in [0, 0.05) is 50.6 Å². The van der Waals surface area contributed by atoms with Crippen molar-refractivity contribution >= 4 is 28.8 Å². The number of piperazine rings is 1. The summed E-state index contributed by atoms with van der Waals surface area (Å²) < 4.78 is 5.25. The Kier molecular flexibility index (Phi) is 4.94. The normalized spacial score (nSPS) is 14.5. The molecule has 1 saturated heterocycles. The van der Waals surface area contributed by atoms with E-state index in [1.54, 1.807) is 19.4 Å². The van der Waals surface area contributed by atoms with Crippen molar-refractivity contribution in [2.24, 2.45) is 0 Å². The highest BCUT2D eigenvalue weighted by atomic mass is 35.5. The van der Waals surface area contributed by atoms with Gasteiger partial charge in [0.05, 0.1) is 22.7 Å². The maximum Gasteiger partial charge on any atom is 0.271 e. The minimum absolute atomic E-state index is 0.0190. The Balaban J connectivity index is 1.75. The van der Waals surface area contributed by atoms with Crippen LogP contribution in [0.3, 0.4) is 0 Å². The van der Waals surface area contributed by atoms with Gasteiger partial charge in [0.15, 0.2) is 0 Å². The topological polar surface area (TPSA) is 71.7 Å². The monoisotopic (exact) mass is 362 g/mol. The number of anilines is 2. The number of ether oxygens (including phenoxy) is 1. The van der Waals surface area contributed by atoms with Gasteiger partial charge < -0.3 is 14.5 Å². The van der Waals surface area contributed by atoms with E-state index in [1.807, 2.05) is 19.1 Å². The number of rotatable bonds is 4. The third-order valence-electron chi connectivity index (χ3n) is 4.32. The van der Waals surface area contributed by atoms with Crippen LogP contribution >= 0.6 is 11.6 Å². The molecule has 1 aliphatic heterocycles. The quantitative estimate of drug-likeness (QED) is 0.614. The zero-order chi connectivity index (χ0) is 18.0. The number of non-ortho nitro benzene ring substituents is 1. The van der Waals surface area contributed by atoms with Crippen LogP contribution in [-0.4, -0.2) is 43.2 Å². The zero-order valence-corrected chi connectivity index (χ0v) is 14.9. The first kappa shape index (κ1) is 17.3. The van der Waals surface area contributed by atoms with Gasteiger partial charge in [-0.05, 0) is 18.6 Å². The van der Waals surface area contributed by atoms with E-state index >= 15 is 0 Å². The molecule has 3 rings (SSSR count). The molecule has 1 fully saturated rings. The van der Waals surface area contributed by atoms with Crippen molar-refractivity contribution in [2.45, 2.75) is 6.92 Å². The highest BCUT2D eigenvalue weighted by molar-refractivity contribution is 6.33. The Morgan fingerprint density at radius 2 is 1.88 bits per heavy atom. The lowest BCUT2D eigenvalue weighted by atomic mass is 10.1. The number of aromatic nitrogens is 1. The zero-order valence-electron chi connectivity index (χ0n) is 14.1. The first-order valence-corrected chi connectivity index (χ1v) is 8.32. The molecular weight excluding hydrogens is 344 g/mol. The van der Waals surface area contributed by atoms with Crippen molar-refractivity contribution < 1.29 is 9.66 Å². The molecule has 1 aliphatic rings. The van der Waals surface area contributed by atoms with Crippen molar-refractivity contribution in [3.63, 3.8) is 0 Å². The highest BCUT2D eigenvalue weighted by Gasteiger charge is 2.23. The fraction of sp³-hybridized carbons (Fsp3) is 0.353. The minimum atomic E-state index is -0.422. The molecule has 0 unspecified atom stereocenters. The van der Waals surface area contributed by atoms with Gasteiger partial charge >= 0.3 is 0 Å². The molecule has 132 valence electrons. The molecule has 1 aromatic carbocycles. The Bertz CT molecular complexity index is 768. The van der Waals surface area contributed by atoms with Crippen LogP contribution < -0.4 is 14.5 Å². The van der Waals surface area contributed by atoms with Crippen LogP contribution in [0.1, 0.15) is 5.56 Å². The third-order valence-corrected chi connectivity index (χ3v) is 4.61. The molecule has 2 aromatic rings. The van der Waals surface area contributed by atoms with Gasteiger partial charge in [-0.25, -0.2) is 4.98 Å². The average molecular weight is 363 g/mol. The lowest BCUT2D eigenvalue weighted by molar-refractivity contribution is -0.384. The van der Waals surface area contributed by atoms with Crippen molar-refractivity contribution in [3.05, 3.63) is 51.2 Å². The van der Waals surface area contributed by atoms with E-state index in [2.05, 4.69) is 14.8 Å². The van der Waals surface area contributed by atoms with Crippen molar-refractivity contribution in [2.75, 3.05) is 43.1 Å². The maximum absolute atomic E-state index is 11.0. The van der Waals surface area contributed by atoms with Gasteiger partial charge in [-0.3, -0.25) is 10.1 Å². The fourth-order valence-corrected chi connectivity index (χ4v) is 3.46. The largest absolute Gasteiger partial charge is 0.497 e. The summed E-state index contributed by atoms with van der Waals surface area (Å²) >= 11 is 6.32. The summed E-state index contributed by atoms with van der Waals surface area (Å²) in [5.41, 5.74) is 1.70. The molecule has 2 heterocycles. The Hall–Kier alpha value is -2.54. The van der Waals surface area contributed by atoms with Crippen LogP contribution in [0.2, 0.25) is 5.02 Å². The van der Waals surface area contributed by atoms with Crippen LogP contribution in [0.5, 0.6) is 5.75 Å². The molecule has 7 nitrogen and oxygen atoms in total. The first-order valence-electron chi connectivity index (χ1n) is 7.94. The molecule has 0 aliphatic carbocycles. The number of pyridine rings is 1. The summed E-state index contributed by atoms with van der Waals surface area (Å²) in [6.07, 6.45) is 1.73. The minimum Gasteiger partial charge on any atom is -0.497 e. The van der Waals surface area contributed by atoms with Crippen LogP contribution in [-0.2, 0) is 0 Å². The van der Waals surface area contributed by atoms with E-state index in [1.165, 1.54) is 6.07 Å². The fourth-order valence-electron chi connectivity index (χ4n) is 3.08. The highest BCUT2D eigenvalue weighted by Crippen LogP contribution is 2.34. The number of halogens is 1. The summed E-state index contributed by atoms with van der Waals surface area (Å²) in [6.45, 7) is 4.94. The summed E-state index contributed by atoms with van der Waals surface area (Å²) in [7, 11) is 1.64. The van der Waals surface area contributed by atoms with Crippen molar-refractivity contribution in [3.8, 4) is 5.75 Å². The predicted molar refractivity (Wildman–Crippen MR) is 98.1 cm³/mol. The molecule has 0 N–H and O–H groups in total. The van der Waals surface area contributed by atoms with Crippen LogP contribution in [0.15, 0.2) is 30.5 Å². The van der Waals surface area contributed by atoms with E-state index in [9.17, 15) is 10.1 Å². The number of nitro benzene ring substituents is 1. The number of benzene rings is 1. The second kappa shape index (κ2) is 7.14. The van der Waals surface area contributed by atoms with Crippen molar-refractivity contribution in [1.82, 2.24) is 4.98 Å². The summed E-state index contributed by atoms with van der Waals surface area (Å²) in [5, 5.41) is 11.4. The van der Waals surface area contributed by atoms with E-state index in [-0.39, 0.29) is 5.69 Å². The predicted octanol–water partition coefficient (Wildman–Crippen LogP) is 3.29. The summed E-state index contributed by atoms with van der Waals surface area (Å²) in [6, 6.07) is 6.72. The van der Waals surface area contributed by atoms with Gasteiger partial charge in [-0.15, -0.1) is 0 Å². The van der Waals surface area contributed by atoms with Gasteiger partial charge in [0.1, 0.15) is 11.6 Å². The number of aryl methyl sites for hydroxylation is 1. The maximum atomic E-state index is 11.0. The molecule has 0 saturated carbocycles. The molecule has 0 spiro atoms. The number of hydrogen-bond donors (Lipinski definition) is 0. The molecular formula is C17H19ClN4O3. The van der Waals surface area contributed by atoms with Crippen LogP contribution in [0.25, 0.3) is 0 Å². The van der Waals surface area contributed by atoms with Gasteiger partial charge in [0.2, 0.25) is 0 Å². The number of nitrogens with zero attached hydrogens (tertiary/aromatic N) is 4. The lowest BCUT2D eigenvalue weighted by Gasteiger charge is -2.37. The van der Waals surface area contributed by atoms with Crippen molar-refractivity contribution in [1.29, 1.82) is 0 Å². The van der Waals surface area contributed by atoms with Gasteiger partial charge in [-0.1, -0.05) is 11.6 Å². The Morgan fingerprint density at radius 3 is 2.48 bits per heavy atom. The molecule has 0 atom stereocenters. The molecule has 0 amide bonds. The standard InChI is InChI=1S/C17H19ClN4O3/c1-12-9-13(22(23)24)10-15(18)17(12)21-7-5-20(6-8-21)16-11-14(25-2)3-4-19-16/h3-4,9-11H,5-8H2,1-2H3. The smallest absolute Gasteiger partial charge is 0.271 e. The number of hydrogen-bond acceptors (Lipinski definition) is 6. The van der Waals surface area contributed by atoms with E-state index < -0.39 is 4.92 Å². The molecule has 0 radical (unpaired) electrons. The van der Waals surface area contributed by atoms with Gasteiger partial charge in [-0.2, -0.15) is 0 Å². The molecule has 8 heteroatoms. The molecule has 25 heavy (non-hydrogen) atoms. The molecule has 0 bridgehead atoms. The molecule has 1 aromatic heterocycles. The van der Waals surface area contributed by atoms with Crippen LogP contribution in [0.4, 0.5) is 17.2 Å². The second-order valence-corrected chi connectivity index (χ2v) is 6.29. The van der Waals surface area contributed by atoms with E-state index in [0.29, 0.717) is 5.02 Å². The number of methoxy groups -OCH3 is 1. The second-order valence-electron chi connectivity index (χ2n) is 5.88. The van der Waals surface area contributed by atoms with Crippen LogP contribution in [0, 0.1) is 17.0 Å². The van der Waals surface area contributed by atoms with Gasteiger partial charge in [0.25, 0.3) is 5.69 Å². The third kappa shape index (κ3) is 3.61. The lowest BCUT2D eigenvalue weighted by Crippen LogP contribution is -2.47. The Morgan fingerprint density at radius 1 is 1.20 bits per heavy atom. The summed E-state index contributed by atoms with van der Waals surface area (Å²) in [5.74, 6) is 1.66. The Labute approximate surface area is 150 Å². The van der Waals surface area contributed by atoms with E-state index in [4.69, 9.17) is 16.3 Å². The van der Waals surface area contributed by atoms with E-state index in [0.717, 1.165) is 49.0 Å². The first-order chi connectivity index (χ1) is 12.0. The average Bonchev–Trinajstić information content (AvgIpc) is 2.61. The summed E-state index contributed by atoms with van der Waals surface area (Å²) in [4.78, 5) is 19.3. The number of nitro groups is 1.